The Balaban J connectivity index is 2.79. The smallest absolute Gasteiger partial charge is 0.187 e. The molecule has 0 aliphatic rings. The summed E-state index contributed by atoms with van der Waals surface area (Å²) in [6, 6.07) is 1.90. The zero-order chi connectivity index (χ0) is 8.81. The van der Waals surface area contributed by atoms with Gasteiger partial charge in [-0.1, -0.05) is 11.8 Å². The molecule has 0 unspecified atom stereocenters. The predicted octanol–water partition coefficient (Wildman–Crippen LogP) is 1.74. The molecular weight excluding hydrogens is 170 g/mol. The molecule has 4 heteroatoms. The van der Waals surface area contributed by atoms with Gasteiger partial charge < -0.3 is 0 Å². The second-order valence-corrected chi connectivity index (χ2v) is 2.74. The second kappa shape index (κ2) is 4.52. The van der Waals surface area contributed by atoms with E-state index in [-0.39, 0.29) is 0 Å². The van der Waals surface area contributed by atoms with Crippen LogP contribution in [0.4, 0.5) is 0 Å². The minimum absolute atomic E-state index is 0.740. The highest BCUT2D eigenvalue weighted by molar-refractivity contribution is 7.98. The van der Waals surface area contributed by atoms with E-state index in [1.807, 2.05) is 12.3 Å². The van der Waals surface area contributed by atoms with Crippen molar-refractivity contribution in [1.82, 2.24) is 9.97 Å². The van der Waals surface area contributed by atoms with E-state index in [2.05, 4.69) is 9.97 Å². The predicted molar refractivity (Wildman–Crippen MR) is 48.5 cm³/mol. The number of hydrogen-bond acceptors (Lipinski definition) is 4. The second-order valence-electron chi connectivity index (χ2n) is 1.97. The summed E-state index contributed by atoms with van der Waals surface area (Å²) in [6.45, 7) is 0. The third kappa shape index (κ3) is 2.36. The normalized spacial score (nSPS) is 10.0. The first kappa shape index (κ1) is 8.75. The maximum Gasteiger partial charge on any atom is 0.187 e. The topological polar surface area (TPSA) is 49.6 Å². The number of thioether (sulfide) groups is 1. The molecule has 1 rings (SSSR count). The van der Waals surface area contributed by atoms with E-state index in [4.69, 9.17) is 5.26 Å². The Hall–Kier alpha value is -1.34. The van der Waals surface area contributed by atoms with Crippen LogP contribution in [-0.4, -0.2) is 16.2 Å². The number of nitrogens with zero attached hydrogens (tertiary/aromatic N) is 3. The molecule has 0 saturated carbocycles. The first-order chi connectivity index (χ1) is 5.86. The van der Waals surface area contributed by atoms with Gasteiger partial charge >= 0.3 is 0 Å². The Labute approximate surface area is 75.2 Å². The van der Waals surface area contributed by atoms with Crippen molar-refractivity contribution >= 4 is 17.8 Å². The molecule has 0 amide bonds. The summed E-state index contributed by atoms with van der Waals surface area (Å²) < 4.78 is 0. The summed E-state index contributed by atoms with van der Waals surface area (Å²) in [5, 5.41) is 8.99. The highest BCUT2D eigenvalue weighted by Gasteiger charge is 1.91. The number of aromatic nitrogens is 2. The summed E-state index contributed by atoms with van der Waals surface area (Å²) in [4.78, 5) is 8.08. The van der Waals surface area contributed by atoms with Crippen LogP contribution in [0.15, 0.2) is 23.6 Å². The summed E-state index contributed by atoms with van der Waals surface area (Å²) in [6.07, 6.45) is 8.36. The van der Waals surface area contributed by atoms with Crippen molar-refractivity contribution in [3.63, 3.8) is 0 Å². The van der Waals surface area contributed by atoms with Gasteiger partial charge in [0, 0.05) is 24.0 Å². The number of nitriles is 1. The number of rotatable bonds is 2. The lowest BCUT2D eigenvalue weighted by atomic mass is 10.3. The Morgan fingerprint density at radius 1 is 1.50 bits per heavy atom. The van der Waals surface area contributed by atoms with E-state index in [1.54, 1.807) is 18.5 Å². The van der Waals surface area contributed by atoms with Gasteiger partial charge in [0.05, 0.1) is 6.07 Å². The molecule has 0 aliphatic heterocycles. The van der Waals surface area contributed by atoms with Gasteiger partial charge in [0.15, 0.2) is 5.16 Å². The third-order valence-electron chi connectivity index (χ3n) is 1.18. The fourth-order valence-corrected chi connectivity index (χ4v) is 0.967. The largest absolute Gasteiger partial charge is 0.231 e. The minimum Gasteiger partial charge on any atom is -0.231 e. The molecule has 0 radical (unpaired) electrons. The number of allylic oxidation sites excluding steroid dienone is 1. The molecule has 0 bridgehead atoms. The Morgan fingerprint density at radius 3 is 2.67 bits per heavy atom. The molecule has 0 atom stereocenters. The van der Waals surface area contributed by atoms with E-state index >= 15 is 0 Å². The van der Waals surface area contributed by atoms with Crippen molar-refractivity contribution in [3.05, 3.63) is 24.0 Å². The van der Waals surface area contributed by atoms with Crippen molar-refractivity contribution in [2.75, 3.05) is 6.26 Å². The van der Waals surface area contributed by atoms with Gasteiger partial charge in [-0.25, -0.2) is 9.97 Å². The average Bonchev–Trinajstić information content (AvgIpc) is 2.15. The zero-order valence-corrected chi connectivity index (χ0v) is 7.38. The molecule has 12 heavy (non-hydrogen) atoms. The maximum absolute atomic E-state index is 8.25. The zero-order valence-electron chi connectivity index (χ0n) is 6.56. The molecule has 0 N–H and O–H groups in total. The first-order valence-corrected chi connectivity index (χ1v) is 4.51. The quantitative estimate of drug-likeness (QED) is 0.392. The van der Waals surface area contributed by atoms with Crippen LogP contribution in [0.3, 0.4) is 0 Å². The van der Waals surface area contributed by atoms with E-state index in [9.17, 15) is 0 Å². The molecule has 0 fully saturated rings. The van der Waals surface area contributed by atoms with Gasteiger partial charge in [-0.2, -0.15) is 5.26 Å². The van der Waals surface area contributed by atoms with Crippen molar-refractivity contribution in [2.24, 2.45) is 0 Å². The standard InChI is InChI=1S/C8H7N3S/c1-12-8-10-5-7(6-11-8)3-2-4-9/h2-3,5-6H,1H3. The maximum atomic E-state index is 8.25. The van der Waals surface area contributed by atoms with Crippen molar-refractivity contribution in [3.8, 4) is 6.07 Å². The van der Waals surface area contributed by atoms with Gasteiger partial charge in [0.1, 0.15) is 0 Å². The lowest BCUT2D eigenvalue weighted by molar-refractivity contribution is 0.966. The summed E-state index contributed by atoms with van der Waals surface area (Å²) in [5.41, 5.74) is 0.842. The first-order valence-electron chi connectivity index (χ1n) is 3.29. The van der Waals surface area contributed by atoms with E-state index in [0.717, 1.165) is 10.7 Å². The van der Waals surface area contributed by atoms with E-state index in [0.29, 0.717) is 0 Å². The van der Waals surface area contributed by atoms with Crippen molar-refractivity contribution < 1.29 is 0 Å². The summed E-state index contributed by atoms with van der Waals surface area (Å²) >= 11 is 1.49. The Kier molecular flexibility index (Phi) is 3.30. The van der Waals surface area contributed by atoms with Gasteiger partial charge in [-0.15, -0.1) is 0 Å². The molecule has 1 heterocycles. The van der Waals surface area contributed by atoms with Crippen molar-refractivity contribution in [2.45, 2.75) is 5.16 Å². The summed E-state index contributed by atoms with van der Waals surface area (Å²) in [5.74, 6) is 0. The Morgan fingerprint density at radius 2 is 2.17 bits per heavy atom. The molecule has 3 nitrogen and oxygen atoms in total. The average molecular weight is 177 g/mol. The van der Waals surface area contributed by atoms with Crippen LogP contribution in [-0.2, 0) is 0 Å². The highest BCUT2D eigenvalue weighted by Crippen LogP contribution is 2.07. The summed E-state index contributed by atoms with van der Waals surface area (Å²) in [7, 11) is 0. The van der Waals surface area contributed by atoms with Gasteiger partial charge in [0.2, 0.25) is 0 Å². The molecular formula is C8H7N3S. The van der Waals surface area contributed by atoms with Gasteiger partial charge in [-0.3, -0.25) is 0 Å². The van der Waals surface area contributed by atoms with Crippen LogP contribution in [0.1, 0.15) is 5.56 Å². The van der Waals surface area contributed by atoms with E-state index in [1.165, 1.54) is 17.8 Å². The minimum atomic E-state index is 0.740. The Bertz CT molecular complexity index is 310. The van der Waals surface area contributed by atoms with Crippen LogP contribution >= 0.6 is 11.8 Å². The van der Waals surface area contributed by atoms with Crippen LogP contribution in [0.2, 0.25) is 0 Å². The molecule has 0 spiro atoms. The van der Waals surface area contributed by atoms with Crippen LogP contribution in [0.5, 0.6) is 0 Å². The highest BCUT2D eigenvalue weighted by atomic mass is 32.2. The van der Waals surface area contributed by atoms with Gasteiger partial charge in [0.25, 0.3) is 0 Å². The molecule has 60 valence electrons. The van der Waals surface area contributed by atoms with Crippen LogP contribution in [0.25, 0.3) is 6.08 Å². The van der Waals surface area contributed by atoms with Gasteiger partial charge in [-0.05, 0) is 12.3 Å². The van der Waals surface area contributed by atoms with Crippen LogP contribution < -0.4 is 0 Å². The molecule has 0 saturated heterocycles. The van der Waals surface area contributed by atoms with E-state index < -0.39 is 0 Å². The van der Waals surface area contributed by atoms with Crippen molar-refractivity contribution in [1.29, 1.82) is 5.26 Å². The lowest BCUT2D eigenvalue weighted by Crippen LogP contribution is -1.84. The fourth-order valence-electron chi connectivity index (χ4n) is 0.651. The third-order valence-corrected chi connectivity index (χ3v) is 1.76. The van der Waals surface area contributed by atoms with Crippen LogP contribution in [0, 0.1) is 11.3 Å². The molecule has 1 aromatic heterocycles. The molecule has 1 aromatic rings. The molecule has 0 aliphatic carbocycles. The SMILES string of the molecule is CSc1ncc(C=CC#N)cn1. The number of hydrogen-bond donors (Lipinski definition) is 0. The fraction of sp³-hybridized carbons (Fsp3) is 0.125. The monoisotopic (exact) mass is 177 g/mol. The lowest BCUT2D eigenvalue weighted by Gasteiger charge is -1.93. The molecule has 0 aromatic carbocycles.